The number of hydrogen-bond donors (Lipinski definition) is 3. The first kappa shape index (κ1) is 20.6. The maximum atomic E-state index is 14.6. The number of hydrogen-bond acceptors (Lipinski definition) is 5. The monoisotopic (exact) mass is 431 g/mol. The molecule has 6 nitrogen and oxygen atoms in total. The Morgan fingerprint density at radius 2 is 1.97 bits per heavy atom. The first-order valence-corrected chi connectivity index (χ1v) is 10.9. The Bertz CT molecular complexity index is 1260. The lowest BCUT2D eigenvalue weighted by Gasteiger charge is -2.39. The molecule has 7 heteroatoms. The van der Waals surface area contributed by atoms with Crippen LogP contribution in [0.15, 0.2) is 54.6 Å². The highest BCUT2D eigenvalue weighted by atomic mass is 19.1. The van der Waals surface area contributed by atoms with Gasteiger partial charge in [0.2, 0.25) is 0 Å². The van der Waals surface area contributed by atoms with Gasteiger partial charge in [-0.2, -0.15) is 5.10 Å². The average Bonchev–Trinajstić information content (AvgIpc) is 3.17. The largest absolute Gasteiger partial charge is 0.508 e. The molecule has 3 N–H and O–H groups in total. The van der Waals surface area contributed by atoms with E-state index in [-0.39, 0.29) is 11.8 Å². The molecule has 4 aromatic rings. The fourth-order valence-electron chi connectivity index (χ4n) is 4.52. The number of H-pyrrole nitrogens is 1. The van der Waals surface area contributed by atoms with Gasteiger partial charge in [-0.3, -0.25) is 10.00 Å². The van der Waals surface area contributed by atoms with E-state index in [1.807, 2.05) is 19.1 Å². The van der Waals surface area contributed by atoms with Gasteiger partial charge in [0.25, 0.3) is 0 Å². The second-order valence-corrected chi connectivity index (χ2v) is 8.51. The summed E-state index contributed by atoms with van der Waals surface area (Å²) in [6.07, 6.45) is 0. The average molecular weight is 432 g/mol. The topological polar surface area (TPSA) is 77.1 Å². The van der Waals surface area contributed by atoms with Crippen molar-refractivity contribution in [3.63, 3.8) is 0 Å². The van der Waals surface area contributed by atoms with Crippen molar-refractivity contribution in [2.24, 2.45) is 0 Å². The fourth-order valence-corrected chi connectivity index (χ4v) is 4.52. The van der Waals surface area contributed by atoms with Crippen LogP contribution in [-0.2, 0) is 6.54 Å². The van der Waals surface area contributed by atoms with Gasteiger partial charge in [0.1, 0.15) is 11.6 Å². The van der Waals surface area contributed by atoms with Crippen LogP contribution in [0.3, 0.4) is 0 Å². The van der Waals surface area contributed by atoms with Crippen LogP contribution in [0.25, 0.3) is 22.3 Å². The van der Waals surface area contributed by atoms with Gasteiger partial charge >= 0.3 is 0 Å². The minimum absolute atomic E-state index is 0.105. The van der Waals surface area contributed by atoms with Crippen molar-refractivity contribution in [1.29, 1.82) is 0 Å². The van der Waals surface area contributed by atoms with Crippen molar-refractivity contribution in [3.05, 3.63) is 77.2 Å². The van der Waals surface area contributed by atoms with E-state index >= 15 is 0 Å². The summed E-state index contributed by atoms with van der Waals surface area (Å²) in [5.41, 5.74) is 4.73. The highest BCUT2D eigenvalue weighted by Gasteiger charge is 2.27. The Hall–Kier alpha value is -3.29. The van der Waals surface area contributed by atoms with Crippen molar-refractivity contribution in [1.82, 2.24) is 25.4 Å². The summed E-state index contributed by atoms with van der Waals surface area (Å²) in [6, 6.07) is 17.2. The summed E-state index contributed by atoms with van der Waals surface area (Å²) >= 11 is 0. The summed E-state index contributed by atoms with van der Waals surface area (Å²) in [5, 5.41) is 21.6. The molecule has 2 aromatic carbocycles. The van der Waals surface area contributed by atoms with E-state index in [0.717, 1.165) is 35.8 Å². The van der Waals surface area contributed by atoms with E-state index in [4.69, 9.17) is 0 Å². The second kappa shape index (κ2) is 8.33. The zero-order valence-electron chi connectivity index (χ0n) is 18.1. The minimum atomic E-state index is -0.501. The highest BCUT2D eigenvalue weighted by Crippen LogP contribution is 2.31. The normalized spacial score (nSPS) is 19.5. The first-order chi connectivity index (χ1) is 15.5. The van der Waals surface area contributed by atoms with Crippen LogP contribution in [0.2, 0.25) is 0 Å². The molecule has 0 radical (unpaired) electrons. The number of aromatic amines is 1. The summed E-state index contributed by atoms with van der Waals surface area (Å²) in [6.45, 7) is 6.64. The number of aromatic nitrogens is 3. The number of rotatable bonds is 4. The number of phenols is 1. The molecule has 1 fully saturated rings. The molecule has 164 valence electrons. The Labute approximate surface area is 186 Å². The standard InChI is InChI=1S/C25H26FN5O/c1-15-12-27-23(17-6-4-3-5-7-17)14-31(15)13-18-10-22(20-9-8-19(32)11-21(20)26)28-25-24(18)16(2)29-30-25/h3-11,15,23,27,32H,12-14H2,1-2H3,(H,28,29,30)/t15-,23-/m0/s1. The van der Waals surface area contributed by atoms with Crippen LogP contribution in [0.1, 0.15) is 29.8 Å². The van der Waals surface area contributed by atoms with E-state index in [2.05, 4.69) is 56.6 Å². The summed E-state index contributed by atoms with van der Waals surface area (Å²) in [5.74, 6) is -0.606. The quantitative estimate of drug-likeness (QED) is 0.449. The number of nitrogens with one attached hydrogen (secondary N) is 2. The predicted octanol–water partition coefficient (Wildman–Crippen LogP) is 4.31. The zero-order valence-corrected chi connectivity index (χ0v) is 18.1. The van der Waals surface area contributed by atoms with Crippen molar-refractivity contribution < 1.29 is 9.50 Å². The van der Waals surface area contributed by atoms with Crippen molar-refractivity contribution in [2.75, 3.05) is 13.1 Å². The van der Waals surface area contributed by atoms with Gasteiger partial charge in [-0.1, -0.05) is 30.3 Å². The molecule has 0 aliphatic carbocycles. The minimum Gasteiger partial charge on any atom is -0.508 e. The summed E-state index contributed by atoms with van der Waals surface area (Å²) in [7, 11) is 0. The van der Waals surface area contributed by atoms with Gasteiger partial charge in [0.05, 0.1) is 11.4 Å². The number of phenolic OH excluding ortho intramolecular Hbond substituents is 1. The molecular weight excluding hydrogens is 405 g/mol. The zero-order chi connectivity index (χ0) is 22.2. The second-order valence-electron chi connectivity index (χ2n) is 8.51. The number of halogens is 1. The van der Waals surface area contributed by atoms with Crippen LogP contribution >= 0.6 is 0 Å². The van der Waals surface area contributed by atoms with Crippen LogP contribution in [0.4, 0.5) is 4.39 Å². The molecule has 0 bridgehead atoms. The van der Waals surface area contributed by atoms with Gasteiger partial charge < -0.3 is 10.4 Å². The fraction of sp³-hybridized carbons (Fsp3) is 0.280. The van der Waals surface area contributed by atoms with E-state index in [0.29, 0.717) is 29.5 Å². The number of benzene rings is 2. The summed E-state index contributed by atoms with van der Waals surface area (Å²) < 4.78 is 14.6. The SMILES string of the molecule is Cc1n[nH]c2nc(-c3ccc(O)cc3F)cc(CN3C[C@@H](c4ccccc4)NC[C@@H]3C)c12. The van der Waals surface area contributed by atoms with Crippen molar-refractivity contribution in [2.45, 2.75) is 32.5 Å². The molecule has 0 amide bonds. The smallest absolute Gasteiger partial charge is 0.156 e. The molecule has 0 saturated carbocycles. The molecule has 0 unspecified atom stereocenters. The molecule has 2 atom stereocenters. The number of pyridine rings is 1. The van der Waals surface area contributed by atoms with Crippen molar-refractivity contribution in [3.8, 4) is 17.0 Å². The number of aromatic hydroxyl groups is 1. The molecule has 1 aliphatic rings. The molecule has 3 heterocycles. The van der Waals surface area contributed by atoms with E-state index < -0.39 is 5.82 Å². The third kappa shape index (κ3) is 3.85. The van der Waals surface area contributed by atoms with E-state index in [1.165, 1.54) is 11.6 Å². The van der Waals surface area contributed by atoms with Crippen LogP contribution in [0.5, 0.6) is 5.75 Å². The Morgan fingerprint density at radius 3 is 2.75 bits per heavy atom. The Balaban J connectivity index is 1.52. The molecule has 1 aliphatic heterocycles. The molecule has 2 aromatic heterocycles. The highest BCUT2D eigenvalue weighted by molar-refractivity contribution is 5.84. The Kier molecular flexibility index (Phi) is 5.36. The third-order valence-corrected chi connectivity index (χ3v) is 6.30. The molecule has 1 saturated heterocycles. The number of fused-ring (bicyclic) bond motifs is 1. The van der Waals surface area contributed by atoms with Crippen molar-refractivity contribution >= 4 is 11.0 Å². The Morgan fingerprint density at radius 1 is 1.16 bits per heavy atom. The number of piperazine rings is 1. The predicted molar refractivity (Wildman–Crippen MR) is 123 cm³/mol. The van der Waals surface area contributed by atoms with Gasteiger partial charge in [-0.05, 0) is 43.2 Å². The maximum absolute atomic E-state index is 14.6. The third-order valence-electron chi connectivity index (χ3n) is 6.30. The van der Waals surface area contributed by atoms with Gasteiger partial charge in [0, 0.05) is 48.7 Å². The van der Waals surface area contributed by atoms with Gasteiger partial charge in [0.15, 0.2) is 5.65 Å². The molecule has 5 rings (SSSR count). The van der Waals surface area contributed by atoms with Gasteiger partial charge in [-0.15, -0.1) is 0 Å². The number of nitrogens with zero attached hydrogens (tertiary/aromatic N) is 3. The molecule has 32 heavy (non-hydrogen) atoms. The van der Waals surface area contributed by atoms with Crippen LogP contribution in [0, 0.1) is 12.7 Å². The van der Waals surface area contributed by atoms with E-state index in [9.17, 15) is 9.50 Å². The molecular formula is C25H26FN5O. The summed E-state index contributed by atoms with van der Waals surface area (Å²) in [4.78, 5) is 7.07. The van der Waals surface area contributed by atoms with Gasteiger partial charge in [-0.25, -0.2) is 9.37 Å². The number of aryl methyl sites for hydroxylation is 1. The van der Waals surface area contributed by atoms with E-state index in [1.54, 1.807) is 6.07 Å². The van der Waals surface area contributed by atoms with Crippen LogP contribution < -0.4 is 5.32 Å². The maximum Gasteiger partial charge on any atom is 0.156 e. The lowest BCUT2D eigenvalue weighted by molar-refractivity contribution is 0.134. The molecule has 0 spiro atoms. The van der Waals surface area contributed by atoms with Crippen LogP contribution in [-0.4, -0.2) is 44.3 Å². The first-order valence-electron chi connectivity index (χ1n) is 10.9. The lowest BCUT2D eigenvalue weighted by atomic mass is 10.00. The lowest BCUT2D eigenvalue weighted by Crippen LogP contribution is -2.50.